The normalized spacial score (nSPS) is 10.5. The van der Waals surface area contributed by atoms with Crippen molar-refractivity contribution in [3.63, 3.8) is 0 Å². The fourth-order valence-corrected chi connectivity index (χ4v) is 1.67. The summed E-state index contributed by atoms with van der Waals surface area (Å²) >= 11 is 11.9. The van der Waals surface area contributed by atoms with E-state index >= 15 is 0 Å². The minimum atomic E-state index is 0.750. The Morgan fingerprint density at radius 3 is 2.71 bits per heavy atom. The second-order valence-corrected chi connectivity index (χ2v) is 4.08. The molecule has 3 heteroatoms. The molecule has 0 heterocycles. The molecule has 0 spiro atoms. The molecular weight excluding hydrogens is 217 g/mol. The number of nitrogens with one attached hydrogen (secondary N) is 1. The second-order valence-electron chi connectivity index (χ2n) is 3.24. The lowest BCUT2D eigenvalue weighted by molar-refractivity contribution is 0.671. The topological polar surface area (TPSA) is 12.0 Å². The lowest BCUT2D eigenvalue weighted by Crippen LogP contribution is -2.17. The van der Waals surface area contributed by atoms with E-state index in [1.54, 1.807) is 0 Å². The van der Waals surface area contributed by atoms with Crippen molar-refractivity contribution in [1.29, 1.82) is 0 Å². The molecule has 0 amide bonds. The first kappa shape index (κ1) is 11.8. The van der Waals surface area contributed by atoms with Gasteiger partial charge in [0.2, 0.25) is 0 Å². The van der Waals surface area contributed by atoms with E-state index in [1.807, 2.05) is 18.2 Å². The van der Waals surface area contributed by atoms with Crippen LogP contribution in [-0.2, 0) is 6.42 Å². The van der Waals surface area contributed by atoms with E-state index in [-0.39, 0.29) is 0 Å². The van der Waals surface area contributed by atoms with Gasteiger partial charge in [0, 0.05) is 10.0 Å². The van der Waals surface area contributed by atoms with Gasteiger partial charge in [0.25, 0.3) is 0 Å². The Morgan fingerprint density at radius 1 is 1.21 bits per heavy atom. The van der Waals surface area contributed by atoms with E-state index in [0.29, 0.717) is 0 Å². The zero-order chi connectivity index (χ0) is 10.4. The second kappa shape index (κ2) is 6.28. The first-order chi connectivity index (χ1) is 6.74. The third kappa shape index (κ3) is 3.87. The fourth-order valence-electron chi connectivity index (χ4n) is 1.26. The van der Waals surface area contributed by atoms with Gasteiger partial charge in [-0.25, -0.2) is 0 Å². The van der Waals surface area contributed by atoms with Crippen LogP contribution in [0.5, 0.6) is 0 Å². The molecular formula is C11H15Cl2N. The van der Waals surface area contributed by atoms with Gasteiger partial charge >= 0.3 is 0 Å². The summed E-state index contributed by atoms with van der Waals surface area (Å²) in [5.74, 6) is 0. The molecule has 1 aromatic carbocycles. The molecule has 78 valence electrons. The molecule has 1 rings (SSSR count). The SMILES string of the molecule is CCCNCCc1cc(Cl)ccc1Cl. The van der Waals surface area contributed by atoms with Gasteiger partial charge in [-0.05, 0) is 49.7 Å². The van der Waals surface area contributed by atoms with Crippen molar-refractivity contribution in [2.24, 2.45) is 0 Å². The Balaban J connectivity index is 2.45. The van der Waals surface area contributed by atoms with Crippen LogP contribution in [-0.4, -0.2) is 13.1 Å². The van der Waals surface area contributed by atoms with Crippen molar-refractivity contribution in [2.45, 2.75) is 19.8 Å². The molecule has 14 heavy (non-hydrogen) atoms. The highest BCUT2D eigenvalue weighted by atomic mass is 35.5. The average molecular weight is 232 g/mol. The lowest BCUT2D eigenvalue weighted by Gasteiger charge is -2.05. The molecule has 0 atom stereocenters. The number of rotatable bonds is 5. The Morgan fingerprint density at radius 2 is 2.00 bits per heavy atom. The molecule has 0 unspecified atom stereocenters. The largest absolute Gasteiger partial charge is 0.316 e. The average Bonchev–Trinajstić information content (AvgIpc) is 2.18. The van der Waals surface area contributed by atoms with Crippen LogP contribution in [0.25, 0.3) is 0 Å². The number of hydrogen-bond acceptors (Lipinski definition) is 1. The maximum atomic E-state index is 6.02. The van der Waals surface area contributed by atoms with Crippen molar-refractivity contribution >= 4 is 23.2 Å². The van der Waals surface area contributed by atoms with E-state index in [4.69, 9.17) is 23.2 Å². The van der Waals surface area contributed by atoms with Crippen LogP contribution in [0.2, 0.25) is 10.0 Å². The molecule has 0 radical (unpaired) electrons. The number of benzene rings is 1. The molecule has 0 aromatic heterocycles. The van der Waals surface area contributed by atoms with Crippen molar-refractivity contribution < 1.29 is 0 Å². The third-order valence-corrected chi connectivity index (χ3v) is 2.61. The molecule has 0 saturated carbocycles. The molecule has 1 N–H and O–H groups in total. The highest BCUT2D eigenvalue weighted by molar-refractivity contribution is 6.33. The summed E-state index contributed by atoms with van der Waals surface area (Å²) in [7, 11) is 0. The molecule has 0 aliphatic carbocycles. The molecule has 0 saturated heterocycles. The summed E-state index contributed by atoms with van der Waals surface area (Å²) in [6.45, 7) is 4.16. The van der Waals surface area contributed by atoms with Crippen molar-refractivity contribution in [3.8, 4) is 0 Å². The molecule has 0 bridgehead atoms. The maximum absolute atomic E-state index is 6.02. The Bertz CT molecular complexity index is 287. The van der Waals surface area contributed by atoms with Crippen LogP contribution in [0.4, 0.5) is 0 Å². The smallest absolute Gasteiger partial charge is 0.0439 e. The fraction of sp³-hybridized carbons (Fsp3) is 0.455. The number of halogens is 2. The van der Waals surface area contributed by atoms with E-state index in [0.717, 1.165) is 41.5 Å². The van der Waals surface area contributed by atoms with Gasteiger partial charge < -0.3 is 5.32 Å². The molecule has 0 fully saturated rings. The standard InChI is InChI=1S/C11H15Cl2N/c1-2-6-14-7-5-9-8-10(12)3-4-11(9)13/h3-4,8,14H,2,5-7H2,1H3. The van der Waals surface area contributed by atoms with Crippen LogP contribution < -0.4 is 5.32 Å². The highest BCUT2D eigenvalue weighted by Gasteiger charge is 2.00. The first-order valence-corrected chi connectivity index (χ1v) is 5.64. The van der Waals surface area contributed by atoms with Crippen molar-refractivity contribution in [2.75, 3.05) is 13.1 Å². The summed E-state index contributed by atoms with van der Waals surface area (Å²) < 4.78 is 0. The van der Waals surface area contributed by atoms with E-state index in [9.17, 15) is 0 Å². The van der Waals surface area contributed by atoms with Gasteiger partial charge in [-0.15, -0.1) is 0 Å². The van der Waals surface area contributed by atoms with Crippen LogP contribution >= 0.6 is 23.2 Å². The van der Waals surface area contributed by atoms with Crippen molar-refractivity contribution in [3.05, 3.63) is 33.8 Å². The van der Waals surface area contributed by atoms with Gasteiger partial charge in [0.15, 0.2) is 0 Å². The zero-order valence-corrected chi connectivity index (χ0v) is 9.83. The number of hydrogen-bond donors (Lipinski definition) is 1. The lowest BCUT2D eigenvalue weighted by atomic mass is 10.1. The van der Waals surface area contributed by atoms with E-state index in [1.165, 1.54) is 0 Å². The molecule has 1 aromatic rings. The molecule has 0 aliphatic rings. The van der Waals surface area contributed by atoms with Crippen LogP contribution in [0.3, 0.4) is 0 Å². The van der Waals surface area contributed by atoms with E-state index < -0.39 is 0 Å². The monoisotopic (exact) mass is 231 g/mol. The van der Waals surface area contributed by atoms with Crippen molar-refractivity contribution in [1.82, 2.24) is 5.32 Å². The van der Waals surface area contributed by atoms with E-state index in [2.05, 4.69) is 12.2 Å². The van der Waals surface area contributed by atoms with Gasteiger partial charge in [-0.1, -0.05) is 30.1 Å². The first-order valence-electron chi connectivity index (χ1n) is 4.88. The summed E-state index contributed by atoms with van der Waals surface area (Å²) in [6, 6.07) is 5.59. The quantitative estimate of drug-likeness (QED) is 0.765. The van der Waals surface area contributed by atoms with Gasteiger partial charge in [-0.2, -0.15) is 0 Å². The summed E-state index contributed by atoms with van der Waals surface area (Å²) in [6.07, 6.45) is 2.09. The summed E-state index contributed by atoms with van der Waals surface area (Å²) in [4.78, 5) is 0. The predicted octanol–water partition coefficient (Wildman–Crippen LogP) is 3.54. The minimum Gasteiger partial charge on any atom is -0.316 e. The van der Waals surface area contributed by atoms with Gasteiger partial charge in [0.05, 0.1) is 0 Å². The summed E-state index contributed by atoms with van der Waals surface area (Å²) in [5, 5.41) is 4.88. The Kier molecular flexibility index (Phi) is 5.31. The molecule has 0 aliphatic heterocycles. The van der Waals surface area contributed by atoms with Crippen LogP contribution in [0, 0.1) is 0 Å². The van der Waals surface area contributed by atoms with Crippen LogP contribution in [0.1, 0.15) is 18.9 Å². The van der Waals surface area contributed by atoms with Gasteiger partial charge in [-0.3, -0.25) is 0 Å². The van der Waals surface area contributed by atoms with Crippen LogP contribution in [0.15, 0.2) is 18.2 Å². The zero-order valence-electron chi connectivity index (χ0n) is 8.32. The van der Waals surface area contributed by atoms with Gasteiger partial charge in [0.1, 0.15) is 0 Å². The minimum absolute atomic E-state index is 0.750. The molecule has 1 nitrogen and oxygen atoms in total. The Labute approximate surface area is 95.4 Å². The Hall–Kier alpha value is -0.240. The highest BCUT2D eigenvalue weighted by Crippen LogP contribution is 2.20. The summed E-state index contributed by atoms with van der Waals surface area (Å²) in [5.41, 5.74) is 1.11. The predicted molar refractivity (Wildman–Crippen MR) is 63.3 cm³/mol. The maximum Gasteiger partial charge on any atom is 0.0439 e. The third-order valence-electron chi connectivity index (χ3n) is 2.01.